The van der Waals surface area contributed by atoms with E-state index in [4.69, 9.17) is 9.47 Å². The lowest BCUT2D eigenvalue weighted by Gasteiger charge is -2.25. The molecule has 0 radical (unpaired) electrons. The van der Waals surface area contributed by atoms with Crippen molar-refractivity contribution in [2.45, 2.75) is 51.4 Å². The van der Waals surface area contributed by atoms with Gasteiger partial charge in [0.05, 0.1) is 24.9 Å². The zero-order valence-electron chi connectivity index (χ0n) is 12.9. The van der Waals surface area contributed by atoms with Crippen LogP contribution in [0.15, 0.2) is 24.3 Å². The number of benzene rings is 1. The molecule has 1 aliphatic heterocycles. The van der Waals surface area contributed by atoms with Crippen LogP contribution in [0, 0.1) is 0 Å². The monoisotopic (exact) mass is 277 g/mol. The van der Waals surface area contributed by atoms with Crippen LogP contribution in [0.25, 0.3) is 0 Å². The number of nitrogens with one attached hydrogen (secondary N) is 1. The highest BCUT2D eigenvalue weighted by Gasteiger charge is 2.21. The molecular weight excluding hydrogens is 250 g/mol. The molecule has 1 aliphatic rings. The van der Waals surface area contributed by atoms with Crippen molar-refractivity contribution >= 4 is 0 Å². The van der Waals surface area contributed by atoms with Gasteiger partial charge in [0.15, 0.2) is 0 Å². The highest BCUT2D eigenvalue weighted by atomic mass is 16.5. The minimum absolute atomic E-state index is 0.136. The molecule has 3 unspecified atom stereocenters. The van der Waals surface area contributed by atoms with Crippen LogP contribution in [0.1, 0.15) is 43.9 Å². The van der Waals surface area contributed by atoms with Crippen molar-refractivity contribution < 1.29 is 9.47 Å². The van der Waals surface area contributed by atoms with Gasteiger partial charge in [0, 0.05) is 6.61 Å². The average molecular weight is 277 g/mol. The molecular formula is C17H27NO2. The Bertz CT molecular complexity index is 384. The van der Waals surface area contributed by atoms with Gasteiger partial charge in [-0.2, -0.15) is 0 Å². The van der Waals surface area contributed by atoms with Crippen molar-refractivity contribution in [2.24, 2.45) is 0 Å². The summed E-state index contributed by atoms with van der Waals surface area (Å²) in [7, 11) is 1.99. The molecule has 0 bridgehead atoms. The molecule has 1 aromatic carbocycles. The molecule has 3 heteroatoms. The highest BCUT2D eigenvalue weighted by molar-refractivity contribution is 5.25. The normalized spacial score (nSPS) is 21.9. The molecule has 20 heavy (non-hydrogen) atoms. The molecule has 0 aromatic heterocycles. The molecule has 3 nitrogen and oxygen atoms in total. The number of hydrogen-bond donors (Lipinski definition) is 1. The lowest BCUT2D eigenvalue weighted by molar-refractivity contribution is -0.0261. The third kappa shape index (κ3) is 4.05. The average Bonchev–Trinajstić information content (AvgIpc) is 3.00. The van der Waals surface area contributed by atoms with Gasteiger partial charge in [0.2, 0.25) is 0 Å². The molecule has 1 aromatic rings. The van der Waals surface area contributed by atoms with E-state index in [1.165, 1.54) is 11.1 Å². The number of hydrogen-bond acceptors (Lipinski definition) is 3. The second-order valence-corrected chi connectivity index (χ2v) is 5.53. The van der Waals surface area contributed by atoms with Crippen molar-refractivity contribution in [2.75, 3.05) is 20.3 Å². The fourth-order valence-corrected chi connectivity index (χ4v) is 2.76. The molecule has 1 N–H and O–H groups in total. The van der Waals surface area contributed by atoms with E-state index in [1.54, 1.807) is 0 Å². The molecule has 0 aliphatic carbocycles. The van der Waals surface area contributed by atoms with Crippen molar-refractivity contribution in [3.05, 3.63) is 35.4 Å². The van der Waals surface area contributed by atoms with Crippen molar-refractivity contribution in [3.63, 3.8) is 0 Å². The first kappa shape index (κ1) is 15.5. The van der Waals surface area contributed by atoms with E-state index in [9.17, 15) is 0 Å². The summed E-state index contributed by atoms with van der Waals surface area (Å²) in [4.78, 5) is 0. The Morgan fingerprint density at radius 2 is 2.10 bits per heavy atom. The van der Waals surface area contributed by atoms with Gasteiger partial charge >= 0.3 is 0 Å². The highest BCUT2D eigenvalue weighted by Crippen LogP contribution is 2.21. The van der Waals surface area contributed by atoms with Crippen molar-refractivity contribution in [3.8, 4) is 0 Å². The first-order valence-corrected chi connectivity index (χ1v) is 7.74. The second kappa shape index (κ2) is 7.77. The van der Waals surface area contributed by atoms with Crippen LogP contribution in [0.2, 0.25) is 0 Å². The van der Waals surface area contributed by atoms with Gasteiger partial charge in [-0.1, -0.05) is 31.2 Å². The molecule has 0 saturated carbocycles. The summed E-state index contributed by atoms with van der Waals surface area (Å²) in [5.41, 5.74) is 2.65. The van der Waals surface area contributed by atoms with E-state index in [2.05, 4.69) is 43.4 Å². The van der Waals surface area contributed by atoms with Crippen molar-refractivity contribution in [1.29, 1.82) is 0 Å². The van der Waals surface area contributed by atoms with Crippen LogP contribution in [-0.2, 0) is 15.9 Å². The number of rotatable bonds is 7. The molecule has 2 rings (SSSR count). The van der Waals surface area contributed by atoms with Gasteiger partial charge in [-0.3, -0.25) is 0 Å². The van der Waals surface area contributed by atoms with Gasteiger partial charge in [-0.15, -0.1) is 0 Å². The Balaban J connectivity index is 1.91. The summed E-state index contributed by atoms with van der Waals surface area (Å²) in [6.07, 6.45) is 3.79. The molecule has 3 atom stereocenters. The Morgan fingerprint density at radius 1 is 1.35 bits per heavy atom. The minimum atomic E-state index is 0.136. The molecule has 1 saturated heterocycles. The summed E-state index contributed by atoms with van der Waals surface area (Å²) in [5.74, 6) is 0. The summed E-state index contributed by atoms with van der Waals surface area (Å²) in [5, 5.41) is 3.37. The predicted molar refractivity (Wildman–Crippen MR) is 82.0 cm³/mol. The van der Waals surface area contributed by atoms with Gasteiger partial charge in [0.25, 0.3) is 0 Å². The SMILES string of the molecule is CCc1ccc(C(NC)C(C)OCC2CCCO2)cc1. The topological polar surface area (TPSA) is 30.5 Å². The summed E-state index contributed by atoms with van der Waals surface area (Å²) >= 11 is 0. The van der Waals surface area contributed by atoms with Gasteiger partial charge in [-0.05, 0) is 44.4 Å². The molecule has 0 spiro atoms. The molecule has 1 heterocycles. The summed E-state index contributed by atoms with van der Waals surface area (Å²) in [6, 6.07) is 9.03. The summed E-state index contributed by atoms with van der Waals surface area (Å²) < 4.78 is 11.6. The maximum Gasteiger partial charge on any atom is 0.0809 e. The van der Waals surface area contributed by atoms with Gasteiger partial charge < -0.3 is 14.8 Å². The van der Waals surface area contributed by atoms with E-state index in [-0.39, 0.29) is 18.2 Å². The second-order valence-electron chi connectivity index (χ2n) is 5.53. The Hall–Kier alpha value is -0.900. The number of aryl methyl sites for hydroxylation is 1. The lowest BCUT2D eigenvalue weighted by Crippen LogP contribution is -2.31. The fraction of sp³-hybridized carbons (Fsp3) is 0.647. The first-order chi connectivity index (χ1) is 9.74. The van der Waals surface area contributed by atoms with Crippen LogP contribution >= 0.6 is 0 Å². The largest absolute Gasteiger partial charge is 0.376 e. The van der Waals surface area contributed by atoms with E-state index in [0.717, 1.165) is 25.9 Å². The van der Waals surface area contributed by atoms with Crippen molar-refractivity contribution in [1.82, 2.24) is 5.32 Å². The van der Waals surface area contributed by atoms with Crippen LogP contribution in [-0.4, -0.2) is 32.5 Å². The molecule has 1 fully saturated rings. The minimum Gasteiger partial charge on any atom is -0.376 e. The van der Waals surface area contributed by atoms with E-state index in [1.807, 2.05) is 7.05 Å². The standard InChI is InChI=1S/C17H27NO2/c1-4-14-7-9-15(10-8-14)17(18-3)13(2)20-12-16-6-5-11-19-16/h7-10,13,16-18H,4-6,11-12H2,1-3H3. The maximum absolute atomic E-state index is 6.00. The maximum atomic E-state index is 6.00. The number of likely N-dealkylation sites (N-methyl/N-ethyl adjacent to an activating group) is 1. The quantitative estimate of drug-likeness (QED) is 0.831. The Kier molecular flexibility index (Phi) is 6.02. The zero-order valence-corrected chi connectivity index (χ0v) is 12.9. The predicted octanol–water partition coefficient (Wildman–Crippen LogP) is 3.09. The van der Waals surface area contributed by atoms with Crippen LogP contribution in [0.5, 0.6) is 0 Å². The van der Waals surface area contributed by atoms with E-state index in [0.29, 0.717) is 6.61 Å². The van der Waals surface area contributed by atoms with Crippen LogP contribution in [0.3, 0.4) is 0 Å². The smallest absolute Gasteiger partial charge is 0.0809 e. The van der Waals surface area contributed by atoms with Gasteiger partial charge in [0.1, 0.15) is 0 Å². The zero-order chi connectivity index (χ0) is 14.4. The molecule has 112 valence electrons. The van der Waals surface area contributed by atoms with Crippen LogP contribution in [0.4, 0.5) is 0 Å². The Morgan fingerprint density at radius 3 is 2.65 bits per heavy atom. The lowest BCUT2D eigenvalue weighted by atomic mass is 10.0. The third-order valence-corrected chi connectivity index (χ3v) is 4.10. The van der Waals surface area contributed by atoms with E-state index >= 15 is 0 Å². The molecule has 0 amide bonds. The van der Waals surface area contributed by atoms with E-state index < -0.39 is 0 Å². The van der Waals surface area contributed by atoms with Gasteiger partial charge in [-0.25, -0.2) is 0 Å². The Labute approximate surface area is 122 Å². The third-order valence-electron chi connectivity index (χ3n) is 4.10. The fourth-order valence-electron chi connectivity index (χ4n) is 2.76. The summed E-state index contributed by atoms with van der Waals surface area (Å²) in [6.45, 7) is 5.89. The number of ether oxygens (including phenoxy) is 2. The van der Waals surface area contributed by atoms with Crippen LogP contribution < -0.4 is 5.32 Å². The first-order valence-electron chi connectivity index (χ1n) is 7.74.